The van der Waals surface area contributed by atoms with Crippen LogP contribution in [-0.2, 0) is 11.3 Å². The average Bonchev–Trinajstić information content (AvgIpc) is 3.14. The van der Waals surface area contributed by atoms with E-state index in [1.54, 1.807) is 19.2 Å². The van der Waals surface area contributed by atoms with Crippen LogP contribution in [-0.4, -0.2) is 30.8 Å². The Hall–Kier alpha value is -3.84. The predicted molar refractivity (Wildman–Crippen MR) is 140 cm³/mol. The van der Waals surface area contributed by atoms with Crippen molar-refractivity contribution < 1.29 is 18.7 Å². The van der Waals surface area contributed by atoms with Crippen molar-refractivity contribution in [2.75, 3.05) is 26.1 Å². The van der Waals surface area contributed by atoms with E-state index in [0.29, 0.717) is 31.4 Å². The number of fused-ring (bicyclic) bond motifs is 1. The zero-order valence-corrected chi connectivity index (χ0v) is 20.3. The SMILES string of the molecule is COCCOc1ccc2c(N)c(-c3ccc(C(=O)NCc4ccc(F)cc4)cc3)n(C3CCC3)c2c1. The van der Waals surface area contributed by atoms with Crippen LogP contribution in [0.4, 0.5) is 10.1 Å². The number of halogens is 1. The summed E-state index contributed by atoms with van der Waals surface area (Å²) in [7, 11) is 1.65. The summed E-state index contributed by atoms with van der Waals surface area (Å²) in [4.78, 5) is 12.7. The molecule has 36 heavy (non-hydrogen) atoms. The summed E-state index contributed by atoms with van der Waals surface area (Å²) in [6, 6.07) is 20.0. The van der Waals surface area contributed by atoms with Gasteiger partial charge in [0, 0.05) is 42.3 Å². The molecule has 0 aliphatic heterocycles. The molecule has 3 aromatic carbocycles. The van der Waals surface area contributed by atoms with Crippen molar-refractivity contribution in [1.82, 2.24) is 9.88 Å². The minimum Gasteiger partial charge on any atom is -0.491 e. The topological polar surface area (TPSA) is 78.5 Å². The van der Waals surface area contributed by atoms with Crippen molar-refractivity contribution in [3.05, 3.63) is 83.7 Å². The molecule has 0 atom stereocenters. The molecular weight excluding hydrogens is 457 g/mol. The lowest BCUT2D eigenvalue weighted by molar-refractivity contribution is 0.0951. The van der Waals surface area contributed by atoms with Gasteiger partial charge in [0.1, 0.15) is 18.2 Å². The quantitative estimate of drug-likeness (QED) is 0.297. The standard InChI is InChI=1S/C29H30FN3O3/c1-35-15-16-36-24-13-14-25-26(17-24)33(23-3-2-4-23)28(27(25)31)20-7-9-21(10-8-20)29(34)32-18-19-5-11-22(30)12-6-19/h5-14,17,23H,2-4,15-16,18,31H2,1H3,(H,32,34). The molecule has 186 valence electrons. The molecule has 0 unspecified atom stereocenters. The summed E-state index contributed by atoms with van der Waals surface area (Å²) in [6.45, 7) is 1.34. The molecule has 1 heterocycles. The van der Waals surface area contributed by atoms with Gasteiger partial charge in [0.15, 0.2) is 0 Å². The van der Waals surface area contributed by atoms with E-state index in [1.165, 1.54) is 18.6 Å². The van der Waals surface area contributed by atoms with Gasteiger partial charge in [-0.25, -0.2) is 4.39 Å². The number of nitrogens with two attached hydrogens (primary N) is 1. The number of carbonyl (C=O) groups excluding carboxylic acids is 1. The van der Waals surface area contributed by atoms with Crippen molar-refractivity contribution in [3.63, 3.8) is 0 Å². The largest absolute Gasteiger partial charge is 0.491 e. The van der Waals surface area contributed by atoms with E-state index >= 15 is 0 Å². The molecule has 5 rings (SSSR count). The third kappa shape index (κ3) is 4.79. The fraction of sp³-hybridized carbons (Fsp3) is 0.276. The number of benzene rings is 3. The maximum Gasteiger partial charge on any atom is 0.251 e. The van der Waals surface area contributed by atoms with E-state index in [9.17, 15) is 9.18 Å². The van der Waals surface area contributed by atoms with Gasteiger partial charge in [-0.05, 0) is 61.2 Å². The van der Waals surface area contributed by atoms with Crippen LogP contribution in [0.15, 0.2) is 66.7 Å². The number of ether oxygens (including phenoxy) is 2. The van der Waals surface area contributed by atoms with Gasteiger partial charge in [-0.1, -0.05) is 24.3 Å². The number of nitrogen functional groups attached to an aromatic ring is 1. The molecule has 1 fully saturated rings. The summed E-state index contributed by atoms with van der Waals surface area (Å²) in [5, 5.41) is 3.89. The lowest BCUT2D eigenvalue weighted by Crippen LogP contribution is -2.22. The number of amides is 1. The van der Waals surface area contributed by atoms with E-state index in [2.05, 4.69) is 16.0 Å². The fourth-order valence-corrected chi connectivity index (χ4v) is 4.63. The lowest BCUT2D eigenvalue weighted by atomic mass is 9.92. The van der Waals surface area contributed by atoms with Crippen LogP contribution in [0.5, 0.6) is 5.75 Å². The molecular formula is C29H30FN3O3. The molecule has 1 aromatic heterocycles. The first-order valence-electron chi connectivity index (χ1n) is 12.2. The molecule has 0 bridgehead atoms. The molecule has 0 spiro atoms. The van der Waals surface area contributed by atoms with Crippen molar-refractivity contribution in [2.24, 2.45) is 0 Å². The van der Waals surface area contributed by atoms with E-state index in [4.69, 9.17) is 15.2 Å². The van der Waals surface area contributed by atoms with Crippen LogP contribution in [0.1, 0.15) is 41.2 Å². The summed E-state index contributed by atoms with van der Waals surface area (Å²) >= 11 is 0. The van der Waals surface area contributed by atoms with Gasteiger partial charge in [-0.2, -0.15) is 0 Å². The number of carbonyl (C=O) groups is 1. The number of aromatic nitrogens is 1. The predicted octanol–water partition coefficient (Wildman–Crippen LogP) is 5.71. The molecule has 0 saturated heterocycles. The maximum atomic E-state index is 13.1. The van der Waals surface area contributed by atoms with Crippen LogP contribution in [0.3, 0.4) is 0 Å². The van der Waals surface area contributed by atoms with Crippen molar-refractivity contribution in [2.45, 2.75) is 31.8 Å². The third-order valence-corrected chi connectivity index (χ3v) is 6.80. The molecule has 1 amide bonds. The van der Waals surface area contributed by atoms with Gasteiger partial charge in [0.2, 0.25) is 0 Å². The van der Waals surface area contributed by atoms with Crippen LogP contribution in [0.2, 0.25) is 0 Å². The van der Waals surface area contributed by atoms with Crippen molar-refractivity contribution in [3.8, 4) is 17.0 Å². The van der Waals surface area contributed by atoms with E-state index in [-0.39, 0.29) is 11.7 Å². The Balaban J connectivity index is 1.41. The van der Waals surface area contributed by atoms with E-state index in [1.807, 2.05) is 36.4 Å². The number of hydrogen-bond donors (Lipinski definition) is 2. The van der Waals surface area contributed by atoms with Gasteiger partial charge in [-0.15, -0.1) is 0 Å². The number of nitrogens with zero attached hydrogens (tertiary/aromatic N) is 1. The second kappa shape index (κ2) is 10.4. The number of rotatable bonds is 9. The summed E-state index contributed by atoms with van der Waals surface area (Å²) in [5.41, 5.74) is 11.8. The second-order valence-electron chi connectivity index (χ2n) is 9.12. The van der Waals surface area contributed by atoms with Crippen LogP contribution in [0.25, 0.3) is 22.2 Å². The van der Waals surface area contributed by atoms with Crippen LogP contribution < -0.4 is 15.8 Å². The molecule has 7 heteroatoms. The summed E-state index contributed by atoms with van der Waals surface area (Å²) in [6.07, 6.45) is 3.41. The minimum atomic E-state index is -0.297. The van der Waals surface area contributed by atoms with E-state index < -0.39 is 0 Å². The highest BCUT2D eigenvalue weighted by Gasteiger charge is 2.27. The monoisotopic (exact) mass is 487 g/mol. The number of hydrogen-bond acceptors (Lipinski definition) is 4. The lowest BCUT2D eigenvalue weighted by Gasteiger charge is -2.30. The molecule has 4 aromatic rings. The Labute approximate surface area is 209 Å². The first-order valence-corrected chi connectivity index (χ1v) is 12.2. The van der Waals surface area contributed by atoms with Gasteiger partial charge in [0.25, 0.3) is 5.91 Å². The summed E-state index contributed by atoms with van der Waals surface area (Å²) in [5.74, 6) is 0.308. The Bertz CT molecular complexity index is 1360. The van der Waals surface area contributed by atoms with E-state index in [0.717, 1.165) is 52.0 Å². The van der Waals surface area contributed by atoms with Crippen LogP contribution in [0, 0.1) is 5.82 Å². The highest BCUT2D eigenvalue weighted by molar-refractivity contribution is 6.02. The highest BCUT2D eigenvalue weighted by Crippen LogP contribution is 2.44. The zero-order chi connectivity index (χ0) is 25.1. The van der Waals surface area contributed by atoms with Gasteiger partial charge in [-0.3, -0.25) is 4.79 Å². The Morgan fingerprint density at radius 2 is 1.81 bits per heavy atom. The smallest absolute Gasteiger partial charge is 0.251 e. The number of nitrogens with one attached hydrogen (secondary N) is 1. The fourth-order valence-electron chi connectivity index (χ4n) is 4.63. The number of methoxy groups -OCH3 is 1. The first kappa shape index (κ1) is 23.9. The minimum absolute atomic E-state index is 0.184. The molecule has 1 saturated carbocycles. The first-order chi connectivity index (χ1) is 17.5. The molecule has 3 N–H and O–H groups in total. The third-order valence-electron chi connectivity index (χ3n) is 6.80. The van der Waals surface area contributed by atoms with Crippen LogP contribution >= 0.6 is 0 Å². The molecule has 1 aliphatic rings. The Morgan fingerprint density at radius 1 is 1.06 bits per heavy atom. The zero-order valence-electron chi connectivity index (χ0n) is 20.3. The Morgan fingerprint density at radius 3 is 2.47 bits per heavy atom. The average molecular weight is 488 g/mol. The summed E-state index contributed by atoms with van der Waals surface area (Å²) < 4.78 is 26.4. The maximum absolute atomic E-state index is 13.1. The Kier molecular flexibility index (Phi) is 6.91. The van der Waals surface area contributed by atoms with Gasteiger partial charge < -0.3 is 25.1 Å². The van der Waals surface area contributed by atoms with Crippen molar-refractivity contribution >= 4 is 22.5 Å². The van der Waals surface area contributed by atoms with Gasteiger partial charge >= 0.3 is 0 Å². The second-order valence-corrected chi connectivity index (χ2v) is 9.12. The highest BCUT2D eigenvalue weighted by atomic mass is 19.1. The normalized spacial score (nSPS) is 13.5. The number of anilines is 1. The van der Waals surface area contributed by atoms with Crippen molar-refractivity contribution in [1.29, 1.82) is 0 Å². The molecule has 0 radical (unpaired) electrons. The molecule has 1 aliphatic carbocycles. The molecule has 6 nitrogen and oxygen atoms in total. The van der Waals surface area contributed by atoms with Gasteiger partial charge in [0.05, 0.1) is 23.5 Å².